The van der Waals surface area contributed by atoms with Gasteiger partial charge in [0.25, 0.3) is 0 Å². The third-order valence-corrected chi connectivity index (χ3v) is 3.73. The fraction of sp³-hybridized carbons (Fsp3) is 0.722. The minimum atomic E-state index is 0.111. The molecule has 0 spiro atoms. The highest BCUT2D eigenvalue weighted by molar-refractivity contribution is 5.93. The zero-order chi connectivity index (χ0) is 15.3. The summed E-state index contributed by atoms with van der Waals surface area (Å²) in [6, 6.07) is 3.57. The Labute approximate surface area is 129 Å². The molecule has 3 heteroatoms. The molecule has 0 aliphatic carbocycles. The average Bonchev–Trinajstić information content (AvgIpc) is 2.94. The van der Waals surface area contributed by atoms with Crippen LogP contribution in [0, 0.1) is 0 Å². The van der Waals surface area contributed by atoms with Crippen LogP contribution in [0.25, 0.3) is 0 Å². The normalized spacial score (nSPS) is 11.0. The van der Waals surface area contributed by atoms with E-state index in [0.29, 0.717) is 24.5 Å². The Balaban J connectivity index is 2.02. The number of carbonyl (C=O) groups excluding carboxylic acids is 1. The molecule has 0 fully saturated rings. The molecule has 0 amide bonds. The fourth-order valence-corrected chi connectivity index (χ4v) is 2.47. The number of rotatable bonds is 13. The third kappa shape index (κ3) is 8.05. The van der Waals surface area contributed by atoms with E-state index in [-0.39, 0.29) is 5.78 Å². The summed E-state index contributed by atoms with van der Waals surface area (Å²) in [5, 5.41) is 0. The van der Waals surface area contributed by atoms with Crippen LogP contribution in [-0.2, 0) is 11.3 Å². The number of furan rings is 1. The van der Waals surface area contributed by atoms with Crippen molar-refractivity contribution in [1.82, 2.24) is 0 Å². The van der Waals surface area contributed by atoms with Gasteiger partial charge in [0.15, 0.2) is 11.5 Å². The van der Waals surface area contributed by atoms with Crippen molar-refractivity contribution < 1.29 is 13.9 Å². The first kappa shape index (κ1) is 18.0. The molecule has 3 nitrogen and oxygen atoms in total. The molecule has 0 saturated heterocycles. The van der Waals surface area contributed by atoms with Crippen molar-refractivity contribution >= 4 is 5.78 Å². The Kier molecular flexibility index (Phi) is 9.88. The van der Waals surface area contributed by atoms with E-state index in [1.165, 1.54) is 44.9 Å². The van der Waals surface area contributed by atoms with Gasteiger partial charge in [0.1, 0.15) is 12.4 Å². The Morgan fingerprint density at radius 1 is 1.00 bits per heavy atom. The molecule has 1 rings (SSSR count). The van der Waals surface area contributed by atoms with Crippen molar-refractivity contribution in [2.45, 2.75) is 77.7 Å². The van der Waals surface area contributed by atoms with Crippen LogP contribution in [0.1, 0.15) is 87.4 Å². The van der Waals surface area contributed by atoms with E-state index in [1.54, 1.807) is 13.2 Å². The maximum absolute atomic E-state index is 11.9. The first-order valence-corrected chi connectivity index (χ1v) is 8.38. The lowest BCUT2D eigenvalue weighted by molar-refractivity contribution is 0.0943. The largest absolute Gasteiger partial charge is 0.456 e. The van der Waals surface area contributed by atoms with Gasteiger partial charge in [-0.3, -0.25) is 4.79 Å². The Morgan fingerprint density at radius 2 is 1.62 bits per heavy atom. The third-order valence-electron chi connectivity index (χ3n) is 3.73. The highest BCUT2D eigenvalue weighted by Crippen LogP contribution is 2.14. The molecule has 0 bridgehead atoms. The van der Waals surface area contributed by atoms with Gasteiger partial charge in [0.05, 0.1) is 0 Å². The molecule has 0 atom stereocenters. The monoisotopic (exact) mass is 294 g/mol. The SMILES string of the molecule is CCCCCCCCCCCC(=O)c1ccc(COC)o1. The summed E-state index contributed by atoms with van der Waals surface area (Å²) in [5.41, 5.74) is 0. The number of ketones is 1. The number of hydrogen-bond donors (Lipinski definition) is 0. The summed E-state index contributed by atoms with van der Waals surface area (Å²) < 4.78 is 10.4. The van der Waals surface area contributed by atoms with Crippen LogP contribution >= 0.6 is 0 Å². The van der Waals surface area contributed by atoms with E-state index in [2.05, 4.69) is 6.92 Å². The molecule has 0 N–H and O–H groups in total. The van der Waals surface area contributed by atoms with E-state index in [1.807, 2.05) is 6.07 Å². The van der Waals surface area contributed by atoms with Crippen molar-refractivity contribution in [3.8, 4) is 0 Å². The molecule has 0 aliphatic rings. The van der Waals surface area contributed by atoms with Crippen LogP contribution in [0.2, 0.25) is 0 Å². The van der Waals surface area contributed by atoms with Crippen LogP contribution in [-0.4, -0.2) is 12.9 Å². The topological polar surface area (TPSA) is 39.4 Å². The fourth-order valence-electron chi connectivity index (χ4n) is 2.47. The first-order valence-electron chi connectivity index (χ1n) is 8.38. The van der Waals surface area contributed by atoms with Gasteiger partial charge in [-0.15, -0.1) is 0 Å². The van der Waals surface area contributed by atoms with E-state index in [4.69, 9.17) is 9.15 Å². The summed E-state index contributed by atoms with van der Waals surface area (Å²) in [5.74, 6) is 1.30. The summed E-state index contributed by atoms with van der Waals surface area (Å²) in [6.07, 6.45) is 12.0. The van der Waals surface area contributed by atoms with Crippen LogP contribution in [0.15, 0.2) is 16.5 Å². The van der Waals surface area contributed by atoms with Crippen molar-refractivity contribution in [3.05, 3.63) is 23.7 Å². The van der Waals surface area contributed by atoms with E-state index in [0.717, 1.165) is 12.8 Å². The van der Waals surface area contributed by atoms with Gasteiger partial charge in [0, 0.05) is 13.5 Å². The maximum Gasteiger partial charge on any atom is 0.197 e. The van der Waals surface area contributed by atoms with Gasteiger partial charge in [-0.1, -0.05) is 58.3 Å². The number of methoxy groups -OCH3 is 1. The highest BCUT2D eigenvalue weighted by atomic mass is 16.5. The predicted octanol–water partition coefficient (Wildman–Crippen LogP) is 5.53. The number of unbranched alkanes of at least 4 members (excludes halogenated alkanes) is 8. The van der Waals surface area contributed by atoms with Crippen molar-refractivity contribution in [2.75, 3.05) is 7.11 Å². The second-order valence-corrected chi connectivity index (χ2v) is 5.70. The molecule has 1 heterocycles. The molecular formula is C18H30O3. The molecule has 1 aromatic rings. The molecule has 0 saturated carbocycles. The van der Waals surface area contributed by atoms with Gasteiger partial charge in [-0.25, -0.2) is 0 Å². The Bertz CT molecular complexity index is 382. The lowest BCUT2D eigenvalue weighted by Crippen LogP contribution is -1.97. The van der Waals surface area contributed by atoms with E-state index < -0.39 is 0 Å². The molecule has 1 aromatic heterocycles. The molecule has 0 aromatic carbocycles. The molecule has 0 unspecified atom stereocenters. The second-order valence-electron chi connectivity index (χ2n) is 5.70. The predicted molar refractivity (Wildman–Crippen MR) is 85.6 cm³/mol. The number of carbonyl (C=O) groups is 1. The number of Topliss-reactive ketones (excluding diaryl/α,β-unsaturated/α-hetero) is 1. The van der Waals surface area contributed by atoms with Crippen LogP contribution in [0.3, 0.4) is 0 Å². The maximum atomic E-state index is 11.9. The Hall–Kier alpha value is -1.09. The Morgan fingerprint density at radius 3 is 2.24 bits per heavy atom. The van der Waals surface area contributed by atoms with Gasteiger partial charge >= 0.3 is 0 Å². The molecule has 0 radical (unpaired) electrons. The van der Waals surface area contributed by atoms with Crippen molar-refractivity contribution in [1.29, 1.82) is 0 Å². The summed E-state index contributed by atoms with van der Waals surface area (Å²) >= 11 is 0. The quantitative estimate of drug-likeness (QED) is 0.355. The van der Waals surface area contributed by atoms with E-state index in [9.17, 15) is 4.79 Å². The van der Waals surface area contributed by atoms with Gasteiger partial charge in [-0.05, 0) is 18.6 Å². The molecule has 21 heavy (non-hydrogen) atoms. The summed E-state index contributed by atoms with van der Waals surface area (Å²) in [4.78, 5) is 11.9. The van der Waals surface area contributed by atoms with Gasteiger partial charge in [0.2, 0.25) is 0 Å². The molecule has 0 aliphatic heterocycles. The smallest absolute Gasteiger partial charge is 0.197 e. The zero-order valence-corrected chi connectivity index (χ0v) is 13.7. The van der Waals surface area contributed by atoms with Crippen LogP contribution in [0.5, 0.6) is 0 Å². The summed E-state index contributed by atoms with van der Waals surface area (Å²) in [6.45, 7) is 2.67. The minimum Gasteiger partial charge on any atom is -0.456 e. The average molecular weight is 294 g/mol. The highest BCUT2D eigenvalue weighted by Gasteiger charge is 2.10. The first-order chi connectivity index (χ1) is 10.3. The van der Waals surface area contributed by atoms with Gasteiger partial charge in [-0.2, -0.15) is 0 Å². The number of ether oxygens (including phenoxy) is 1. The second kappa shape index (κ2) is 11.6. The lowest BCUT2D eigenvalue weighted by atomic mass is 10.1. The molecular weight excluding hydrogens is 264 g/mol. The van der Waals surface area contributed by atoms with Crippen molar-refractivity contribution in [2.24, 2.45) is 0 Å². The van der Waals surface area contributed by atoms with Crippen LogP contribution < -0.4 is 0 Å². The number of hydrogen-bond acceptors (Lipinski definition) is 3. The zero-order valence-electron chi connectivity index (χ0n) is 13.7. The van der Waals surface area contributed by atoms with Gasteiger partial charge < -0.3 is 9.15 Å². The standard InChI is InChI=1S/C18H30O3/c1-3-4-5-6-7-8-9-10-11-12-17(19)18-14-13-16(21-18)15-20-2/h13-14H,3-12,15H2,1-2H3. The summed E-state index contributed by atoms with van der Waals surface area (Å²) in [7, 11) is 1.62. The molecule has 120 valence electrons. The van der Waals surface area contributed by atoms with Crippen molar-refractivity contribution in [3.63, 3.8) is 0 Å². The lowest BCUT2D eigenvalue weighted by Gasteiger charge is -2.01. The minimum absolute atomic E-state index is 0.111. The van der Waals surface area contributed by atoms with E-state index >= 15 is 0 Å². The van der Waals surface area contributed by atoms with Crippen LogP contribution in [0.4, 0.5) is 0 Å².